The van der Waals surface area contributed by atoms with Gasteiger partial charge in [0.15, 0.2) is 11.0 Å². The van der Waals surface area contributed by atoms with Crippen LogP contribution in [-0.4, -0.2) is 37.5 Å². The van der Waals surface area contributed by atoms with Crippen molar-refractivity contribution in [2.75, 3.05) is 5.75 Å². The molecule has 2 aromatic carbocycles. The van der Waals surface area contributed by atoms with Gasteiger partial charge in [0.25, 0.3) is 0 Å². The largest absolute Gasteiger partial charge is 0.379 e. The number of aryl methyl sites for hydroxylation is 1. The summed E-state index contributed by atoms with van der Waals surface area (Å²) in [7, 11) is 0. The molecule has 5 rings (SSSR count). The molecule has 0 amide bonds. The van der Waals surface area contributed by atoms with Gasteiger partial charge in [-0.2, -0.15) is 4.98 Å². The number of hydrogen-bond acceptors (Lipinski definition) is 6. The van der Waals surface area contributed by atoms with Gasteiger partial charge in [-0.1, -0.05) is 41.9 Å². The zero-order valence-corrected chi connectivity index (χ0v) is 25.2. The van der Waals surface area contributed by atoms with Crippen molar-refractivity contribution in [3.8, 4) is 16.9 Å². The monoisotopic (exact) mass is 609 g/mol. The maximum Gasteiger partial charge on any atom is 0.354 e. The summed E-state index contributed by atoms with van der Waals surface area (Å²) in [5, 5.41) is 12.0. The van der Waals surface area contributed by atoms with Crippen LogP contribution in [0.3, 0.4) is 0 Å². The first-order valence-corrected chi connectivity index (χ1v) is 15.7. The van der Waals surface area contributed by atoms with E-state index in [1.807, 2.05) is 31.2 Å². The minimum atomic E-state index is -0.513. The van der Waals surface area contributed by atoms with Crippen LogP contribution in [0.2, 0.25) is 5.02 Å². The van der Waals surface area contributed by atoms with Crippen LogP contribution < -0.4 is 22.5 Å². The molecular formula is C31H37ClFN7OS. The van der Waals surface area contributed by atoms with Gasteiger partial charge < -0.3 is 21.8 Å². The second-order valence-electron chi connectivity index (χ2n) is 11.1. The van der Waals surface area contributed by atoms with Crippen molar-refractivity contribution >= 4 is 39.6 Å². The number of H-pyrrole nitrogens is 1. The van der Waals surface area contributed by atoms with E-state index in [2.05, 4.69) is 15.3 Å². The number of piperidine rings is 1. The molecule has 1 aliphatic rings. The van der Waals surface area contributed by atoms with Gasteiger partial charge in [0.05, 0.1) is 16.4 Å². The van der Waals surface area contributed by atoms with Crippen LogP contribution in [0.5, 0.6) is 0 Å². The number of amidine groups is 1. The number of aromatic nitrogens is 3. The standard InChI is InChI=1S/C31H37ClFN7OS/c1-18(34)4-2-5-19-14-24(28(33)25(32)15-19)27-16-21-17-40(31(41)39-29(21)38-27)23-10-8-20(9-11-23)26-7-3-6-22(37-26)12-13-42-30(35)36/h8-11,14-18,22,26,37H,2-7,12-13,34H2,1H3,(H3,35,36)(H,38,39,41)/t18-,22-,26-/m0/s1. The molecule has 8 nitrogen and oxygen atoms in total. The number of nitrogens with zero attached hydrogens (tertiary/aromatic N) is 2. The summed E-state index contributed by atoms with van der Waals surface area (Å²) >= 11 is 7.63. The molecule has 0 radical (unpaired) electrons. The summed E-state index contributed by atoms with van der Waals surface area (Å²) in [5.41, 5.74) is 15.0. The van der Waals surface area contributed by atoms with Gasteiger partial charge in [0, 0.05) is 41.0 Å². The number of thioether (sulfide) groups is 1. The van der Waals surface area contributed by atoms with E-state index in [0.29, 0.717) is 34.0 Å². The van der Waals surface area contributed by atoms with Crippen molar-refractivity contribution in [2.45, 2.75) is 70.0 Å². The second-order valence-corrected chi connectivity index (χ2v) is 12.7. The Hall–Kier alpha value is -3.18. The predicted octanol–water partition coefficient (Wildman–Crippen LogP) is 6.04. The molecule has 42 heavy (non-hydrogen) atoms. The van der Waals surface area contributed by atoms with Crippen LogP contribution in [0, 0.1) is 11.2 Å². The molecule has 0 spiro atoms. The Morgan fingerprint density at radius 3 is 2.79 bits per heavy atom. The van der Waals surface area contributed by atoms with Crippen molar-refractivity contribution < 1.29 is 4.39 Å². The van der Waals surface area contributed by atoms with Crippen molar-refractivity contribution in [1.29, 1.82) is 5.41 Å². The molecule has 4 aromatic rings. The summed E-state index contributed by atoms with van der Waals surface area (Å²) in [5.74, 6) is 0.318. The predicted molar refractivity (Wildman–Crippen MR) is 171 cm³/mol. The van der Waals surface area contributed by atoms with E-state index in [0.717, 1.165) is 56.3 Å². The lowest BCUT2D eigenvalue weighted by molar-refractivity contribution is 0.320. The Balaban J connectivity index is 1.35. The molecular weight excluding hydrogens is 573 g/mol. The number of nitrogens with one attached hydrogen (secondary N) is 3. The number of hydrogen-bond donors (Lipinski definition) is 5. The van der Waals surface area contributed by atoms with Crippen LogP contribution in [0.4, 0.5) is 4.39 Å². The van der Waals surface area contributed by atoms with E-state index in [4.69, 9.17) is 28.5 Å². The first-order valence-electron chi connectivity index (χ1n) is 14.4. The summed E-state index contributed by atoms with van der Waals surface area (Å²) in [4.78, 5) is 20.3. The highest BCUT2D eigenvalue weighted by atomic mass is 35.5. The number of benzene rings is 2. The molecule has 222 valence electrons. The molecule has 0 unspecified atom stereocenters. The first-order chi connectivity index (χ1) is 20.2. The quantitative estimate of drug-likeness (QED) is 0.110. The third-order valence-corrected chi connectivity index (χ3v) is 8.82. The average Bonchev–Trinajstić information content (AvgIpc) is 3.37. The first kappa shape index (κ1) is 30.3. The molecule has 1 fully saturated rings. The number of rotatable bonds is 10. The number of nitrogens with two attached hydrogens (primary N) is 2. The number of halogens is 2. The maximum absolute atomic E-state index is 15.1. The number of aromatic amines is 1. The highest BCUT2D eigenvalue weighted by molar-refractivity contribution is 8.13. The topological polar surface area (TPSA) is 139 Å². The normalized spacial score (nSPS) is 17.9. The third-order valence-electron chi connectivity index (χ3n) is 7.79. The molecule has 0 aliphatic carbocycles. The fraction of sp³-hybridized carbons (Fsp3) is 0.387. The van der Waals surface area contributed by atoms with E-state index < -0.39 is 11.5 Å². The molecule has 2 aromatic heterocycles. The lowest BCUT2D eigenvalue weighted by Gasteiger charge is -2.31. The molecule has 1 saturated heterocycles. The highest BCUT2D eigenvalue weighted by Crippen LogP contribution is 2.32. The van der Waals surface area contributed by atoms with Crippen LogP contribution >= 0.6 is 23.4 Å². The Morgan fingerprint density at radius 1 is 1.26 bits per heavy atom. The van der Waals surface area contributed by atoms with E-state index in [9.17, 15) is 4.79 Å². The van der Waals surface area contributed by atoms with E-state index >= 15 is 4.39 Å². The Kier molecular flexibility index (Phi) is 9.67. The summed E-state index contributed by atoms with van der Waals surface area (Å²) < 4.78 is 16.6. The SMILES string of the molecule is C[C@H](N)CCCc1cc(Cl)c(F)c(-c2cc3cn(-c4ccc([C@@H]5CCC[C@@H](CCSC(=N)N)N5)cc4)c(=O)nc3[nH]2)c1. The average molecular weight is 610 g/mol. The lowest BCUT2D eigenvalue weighted by Crippen LogP contribution is -2.37. The van der Waals surface area contributed by atoms with Crippen molar-refractivity contribution in [2.24, 2.45) is 11.5 Å². The zero-order valence-electron chi connectivity index (χ0n) is 23.6. The van der Waals surface area contributed by atoms with Crippen LogP contribution in [0.1, 0.15) is 62.6 Å². The van der Waals surface area contributed by atoms with Crippen molar-refractivity contribution in [3.05, 3.63) is 81.1 Å². The smallest absolute Gasteiger partial charge is 0.354 e. The fourth-order valence-corrected chi connectivity index (χ4v) is 6.49. The van der Waals surface area contributed by atoms with Crippen molar-refractivity contribution in [3.63, 3.8) is 0 Å². The van der Waals surface area contributed by atoms with E-state index in [1.165, 1.54) is 21.9 Å². The molecule has 3 heterocycles. The van der Waals surface area contributed by atoms with Gasteiger partial charge in [-0.25, -0.2) is 9.18 Å². The Labute approximate surface area is 253 Å². The minimum Gasteiger partial charge on any atom is -0.379 e. The van der Waals surface area contributed by atoms with Gasteiger partial charge in [-0.3, -0.25) is 9.98 Å². The van der Waals surface area contributed by atoms with Gasteiger partial charge in [0.2, 0.25) is 0 Å². The van der Waals surface area contributed by atoms with E-state index in [1.54, 1.807) is 24.4 Å². The second kappa shape index (κ2) is 13.4. The fourth-order valence-electron chi connectivity index (χ4n) is 5.63. The molecule has 11 heteroatoms. The molecule has 0 bridgehead atoms. The van der Waals surface area contributed by atoms with Crippen LogP contribution in [0.15, 0.2) is 53.5 Å². The van der Waals surface area contributed by atoms with Gasteiger partial charge in [0.1, 0.15) is 5.65 Å². The molecule has 1 aliphatic heterocycles. The highest BCUT2D eigenvalue weighted by Gasteiger charge is 2.22. The third kappa shape index (κ3) is 7.23. The van der Waals surface area contributed by atoms with Gasteiger partial charge in [-0.05, 0) is 86.9 Å². The Bertz CT molecular complexity index is 1620. The van der Waals surface area contributed by atoms with Gasteiger partial charge >= 0.3 is 5.69 Å². The van der Waals surface area contributed by atoms with Crippen molar-refractivity contribution in [1.82, 2.24) is 19.9 Å². The van der Waals surface area contributed by atoms with Gasteiger partial charge in [-0.15, -0.1) is 0 Å². The van der Waals surface area contributed by atoms with E-state index in [-0.39, 0.29) is 22.3 Å². The maximum atomic E-state index is 15.1. The minimum absolute atomic E-state index is 0.0586. The summed E-state index contributed by atoms with van der Waals surface area (Å²) in [6, 6.07) is 13.9. The number of fused-ring (bicyclic) bond motifs is 1. The lowest BCUT2D eigenvalue weighted by atomic mass is 9.92. The van der Waals surface area contributed by atoms with Crippen LogP contribution in [-0.2, 0) is 6.42 Å². The van der Waals surface area contributed by atoms with Crippen LogP contribution in [0.25, 0.3) is 28.0 Å². The zero-order chi connectivity index (χ0) is 29.8. The Morgan fingerprint density at radius 2 is 2.05 bits per heavy atom. The molecule has 0 saturated carbocycles. The molecule has 7 N–H and O–H groups in total. The molecule has 3 atom stereocenters. The summed E-state index contributed by atoms with van der Waals surface area (Å²) in [6.45, 7) is 1.97. The summed E-state index contributed by atoms with van der Waals surface area (Å²) in [6.07, 6.45) is 8.47.